The summed E-state index contributed by atoms with van der Waals surface area (Å²) in [6.07, 6.45) is -0.198. The average Bonchev–Trinajstić information content (AvgIpc) is 3.26. The van der Waals surface area contributed by atoms with E-state index in [9.17, 15) is 9.90 Å². The van der Waals surface area contributed by atoms with E-state index < -0.39 is 5.97 Å². The van der Waals surface area contributed by atoms with Crippen molar-refractivity contribution in [1.29, 1.82) is 5.41 Å². The Bertz CT molecular complexity index is 1160. The highest BCUT2D eigenvalue weighted by Crippen LogP contribution is 2.31. The molecule has 0 bridgehead atoms. The number of aromatic nitrogens is 2. The number of hydrogen-bond acceptors (Lipinski definition) is 6. The standard InChI is InChI=1S/C22H22N4O4/c1-12(2)30-22(28)13-4-6-14(7-5-13)26-11-18(27)19(20(26)23)21-24-16-9-8-15(29-3)10-17(16)25-21/h4-10,12,23,27H,11H2,1-3H3,(H,24,25). The van der Waals surface area contributed by atoms with Crippen molar-refractivity contribution in [1.82, 2.24) is 9.97 Å². The predicted octanol–water partition coefficient (Wildman–Crippen LogP) is 3.90. The van der Waals surface area contributed by atoms with Gasteiger partial charge in [-0.05, 0) is 50.2 Å². The number of anilines is 1. The summed E-state index contributed by atoms with van der Waals surface area (Å²) in [6.45, 7) is 3.73. The molecule has 1 aliphatic rings. The van der Waals surface area contributed by atoms with Gasteiger partial charge in [-0.2, -0.15) is 0 Å². The van der Waals surface area contributed by atoms with Crippen LogP contribution in [0.1, 0.15) is 30.0 Å². The summed E-state index contributed by atoms with van der Waals surface area (Å²) < 4.78 is 10.4. The number of fused-ring (bicyclic) bond motifs is 1. The number of aromatic amines is 1. The van der Waals surface area contributed by atoms with Gasteiger partial charge in [-0.3, -0.25) is 5.41 Å². The molecule has 8 heteroatoms. The Morgan fingerprint density at radius 2 is 1.97 bits per heavy atom. The first-order valence-electron chi connectivity index (χ1n) is 9.51. The van der Waals surface area contributed by atoms with Crippen LogP contribution in [-0.2, 0) is 4.74 Å². The Kier molecular flexibility index (Phi) is 4.91. The Hall–Kier alpha value is -3.81. The zero-order chi connectivity index (χ0) is 21.4. The molecule has 0 saturated carbocycles. The molecule has 4 rings (SSSR count). The molecule has 3 N–H and O–H groups in total. The molecule has 0 radical (unpaired) electrons. The van der Waals surface area contributed by atoms with Gasteiger partial charge < -0.3 is 24.5 Å². The van der Waals surface area contributed by atoms with Crippen LogP contribution in [0.25, 0.3) is 16.6 Å². The number of carbonyl (C=O) groups excluding carboxylic acids is 1. The zero-order valence-electron chi connectivity index (χ0n) is 16.9. The lowest BCUT2D eigenvalue weighted by atomic mass is 10.2. The monoisotopic (exact) mass is 406 g/mol. The first-order valence-corrected chi connectivity index (χ1v) is 9.51. The number of H-pyrrole nitrogens is 1. The van der Waals surface area contributed by atoms with Crippen molar-refractivity contribution in [2.45, 2.75) is 20.0 Å². The fourth-order valence-electron chi connectivity index (χ4n) is 3.34. The number of imidazole rings is 1. The molecule has 1 aromatic heterocycles. The van der Waals surface area contributed by atoms with Crippen molar-refractivity contribution >= 4 is 34.1 Å². The molecule has 2 heterocycles. The third kappa shape index (κ3) is 3.47. The van der Waals surface area contributed by atoms with Gasteiger partial charge in [0, 0.05) is 11.8 Å². The third-order valence-electron chi connectivity index (χ3n) is 4.79. The first-order chi connectivity index (χ1) is 14.4. The molecule has 0 aliphatic carbocycles. The van der Waals surface area contributed by atoms with E-state index in [4.69, 9.17) is 14.9 Å². The number of carbonyl (C=O) groups is 1. The van der Waals surface area contributed by atoms with Gasteiger partial charge in [-0.15, -0.1) is 0 Å². The molecular weight excluding hydrogens is 384 g/mol. The quantitative estimate of drug-likeness (QED) is 0.554. The van der Waals surface area contributed by atoms with E-state index in [1.54, 1.807) is 56.2 Å². The third-order valence-corrected chi connectivity index (χ3v) is 4.79. The number of hydrogen-bond donors (Lipinski definition) is 3. The van der Waals surface area contributed by atoms with Gasteiger partial charge in [0.2, 0.25) is 0 Å². The highest BCUT2D eigenvalue weighted by molar-refractivity contribution is 6.30. The van der Waals surface area contributed by atoms with Crippen molar-refractivity contribution < 1.29 is 19.4 Å². The SMILES string of the molecule is COc1ccc2nc(C3=C(O)CN(c4ccc(C(=O)OC(C)C)cc4)C3=N)[nH]c2c1. The number of methoxy groups -OCH3 is 1. The number of aliphatic hydroxyl groups is 1. The lowest BCUT2D eigenvalue weighted by Gasteiger charge is -2.19. The Balaban J connectivity index is 1.58. The Morgan fingerprint density at radius 1 is 1.23 bits per heavy atom. The van der Waals surface area contributed by atoms with Gasteiger partial charge in [0.05, 0.1) is 41.9 Å². The summed E-state index contributed by atoms with van der Waals surface area (Å²) in [5.74, 6) is 0.883. The highest BCUT2D eigenvalue weighted by atomic mass is 16.5. The number of ether oxygens (including phenoxy) is 2. The van der Waals surface area contributed by atoms with Gasteiger partial charge in [0.1, 0.15) is 23.2 Å². The molecule has 8 nitrogen and oxygen atoms in total. The average molecular weight is 406 g/mol. The van der Waals surface area contributed by atoms with Gasteiger partial charge in [0.25, 0.3) is 0 Å². The van der Waals surface area contributed by atoms with E-state index in [2.05, 4.69) is 9.97 Å². The number of nitrogens with zero attached hydrogens (tertiary/aromatic N) is 2. The highest BCUT2D eigenvalue weighted by Gasteiger charge is 2.31. The van der Waals surface area contributed by atoms with Crippen LogP contribution >= 0.6 is 0 Å². The van der Waals surface area contributed by atoms with Crippen LogP contribution in [0.2, 0.25) is 0 Å². The van der Waals surface area contributed by atoms with Crippen molar-refractivity contribution in [3.63, 3.8) is 0 Å². The minimum atomic E-state index is -0.396. The fourth-order valence-corrected chi connectivity index (χ4v) is 3.34. The maximum Gasteiger partial charge on any atom is 0.338 e. The van der Waals surface area contributed by atoms with Crippen molar-refractivity contribution in [3.8, 4) is 5.75 Å². The maximum absolute atomic E-state index is 12.0. The fraction of sp³-hybridized carbons (Fsp3) is 0.227. The molecule has 0 atom stereocenters. The molecule has 30 heavy (non-hydrogen) atoms. The Labute approximate surface area is 173 Å². The molecule has 0 saturated heterocycles. The second-order valence-corrected chi connectivity index (χ2v) is 7.23. The van der Waals surface area contributed by atoms with Crippen molar-refractivity contribution in [2.24, 2.45) is 0 Å². The summed E-state index contributed by atoms with van der Waals surface area (Å²) in [6, 6.07) is 12.2. The second kappa shape index (κ2) is 7.55. The van der Waals surface area contributed by atoms with Crippen LogP contribution in [0.15, 0.2) is 48.2 Å². The van der Waals surface area contributed by atoms with Crippen LogP contribution in [0.4, 0.5) is 5.69 Å². The first kappa shape index (κ1) is 19.5. The van der Waals surface area contributed by atoms with E-state index in [0.717, 1.165) is 5.52 Å². The van der Waals surface area contributed by atoms with Crippen LogP contribution in [0.5, 0.6) is 5.75 Å². The molecule has 2 aromatic carbocycles. The van der Waals surface area contributed by atoms with Crippen LogP contribution in [-0.4, -0.2) is 46.6 Å². The van der Waals surface area contributed by atoms with Crippen LogP contribution in [0.3, 0.4) is 0 Å². The lowest BCUT2D eigenvalue weighted by Crippen LogP contribution is -2.26. The van der Waals surface area contributed by atoms with E-state index >= 15 is 0 Å². The van der Waals surface area contributed by atoms with E-state index in [1.807, 2.05) is 12.1 Å². The maximum atomic E-state index is 12.0. The molecule has 3 aromatic rings. The number of amidine groups is 1. The summed E-state index contributed by atoms with van der Waals surface area (Å²) in [7, 11) is 1.59. The smallest absolute Gasteiger partial charge is 0.338 e. The summed E-state index contributed by atoms with van der Waals surface area (Å²) in [5, 5.41) is 19.1. The van der Waals surface area contributed by atoms with Crippen LogP contribution in [0, 0.1) is 5.41 Å². The van der Waals surface area contributed by atoms with Crippen molar-refractivity contribution in [3.05, 3.63) is 59.6 Å². The number of esters is 1. The molecular formula is C22H22N4O4. The molecule has 0 fully saturated rings. The number of nitrogens with one attached hydrogen (secondary N) is 2. The Morgan fingerprint density at radius 3 is 2.63 bits per heavy atom. The summed E-state index contributed by atoms with van der Waals surface area (Å²) >= 11 is 0. The van der Waals surface area contributed by atoms with Crippen molar-refractivity contribution in [2.75, 3.05) is 18.6 Å². The summed E-state index contributed by atoms with van der Waals surface area (Å²) in [5.41, 5.74) is 2.92. The summed E-state index contributed by atoms with van der Waals surface area (Å²) in [4.78, 5) is 21.3. The van der Waals surface area contributed by atoms with Gasteiger partial charge >= 0.3 is 5.97 Å². The van der Waals surface area contributed by atoms with Gasteiger partial charge in [-0.25, -0.2) is 9.78 Å². The molecule has 154 valence electrons. The second-order valence-electron chi connectivity index (χ2n) is 7.23. The number of rotatable bonds is 5. The minimum Gasteiger partial charge on any atom is -0.509 e. The van der Waals surface area contributed by atoms with Gasteiger partial charge in [0.15, 0.2) is 0 Å². The molecule has 0 spiro atoms. The largest absolute Gasteiger partial charge is 0.509 e. The molecule has 0 unspecified atom stereocenters. The van der Waals surface area contributed by atoms with Gasteiger partial charge in [-0.1, -0.05) is 0 Å². The molecule has 0 amide bonds. The molecule has 1 aliphatic heterocycles. The van der Waals surface area contributed by atoms with Crippen LogP contribution < -0.4 is 9.64 Å². The van der Waals surface area contributed by atoms with E-state index in [-0.39, 0.29) is 24.2 Å². The van der Waals surface area contributed by atoms with E-state index in [0.29, 0.717) is 33.9 Å². The number of benzene rings is 2. The number of aliphatic hydroxyl groups excluding tert-OH is 1. The van der Waals surface area contributed by atoms with E-state index in [1.165, 1.54) is 0 Å². The topological polar surface area (TPSA) is 112 Å². The lowest BCUT2D eigenvalue weighted by molar-refractivity contribution is 0.0378. The normalized spacial score (nSPS) is 14.1. The predicted molar refractivity (Wildman–Crippen MR) is 114 cm³/mol. The minimum absolute atomic E-state index is 0.0503. The zero-order valence-corrected chi connectivity index (χ0v) is 16.9.